The third-order valence-corrected chi connectivity index (χ3v) is 14.1. The molecule has 246 valence electrons. The third-order valence-electron chi connectivity index (χ3n) is 11.7. The van der Waals surface area contributed by atoms with E-state index in [1.54, 1.807) is 18.0 Å². The average Bonchev–Trinajstić information content (AvgIpc) is 3.54. The summed E-state index contributed by atoms with van der Waals surface area (Å²) in [7, 11) is -0.292. The van der Waals surface area contributed by atoms with Crippen LogP contribution < -0.4 is 10.8 Å². The summed E-state index contributed by atoms with van der Waals surface area (Å²) in [6.07, 6.45) is 19.3. The van der Waals surface area contributed by atoms with Gasteiger partial charge in [0.1, 0.15) is 5.52 Å². The number of benzene rings is 1. The van der Waals surface area contributed by atoms with E-state index in [2.05, 4.69) is 61.6 Å². The lowest BCUT2D eigenvalue weighted by Gasteiger charge is -2.53. The zero-order chi connectivity index (χ0) is 32.3. The van der Waals surface area contributed by atoms with E-state index in [-0.39, 0.29) is 33.9 Å². The fourth-order valence-corrected chi connectivity index (χ4v) is 11.3. The number of fused-ring (bicyclic) bond motifs is 6. The maximum atomic E-state index is 12.7. The minimum Gasteiger partial charge on any atom is -0.325 e. The van der Waals surface area contributed by atoms with Gasteiger partial charge in [-0.25, -0.2) is 9.76 Å². The van der Waals surface area contributed by atoms with Crippen LogP contribution in [0, 0.1) is 28.6 Å². The first-order valence-corrected chi connectivity index (χ1v) is 19.0. The molecule has 2 aromatic rings. The summed E-state index contributed by atoms with van der Waals surface area (Å²) in [5.74, 6) is 3.72. The number of hydroxylamine groups is 1. The number of ketones is 1. The molecule has 3 heterocycles. The second-order valence-corrected chi connectivity index (χ2v) is 16.7. The van der Waals surface area contributed by atoms with Crippen molar-refractivity contribution < 1.29 is 13.9 Å². The van der Waals surface area contributed by atoms with E-state index in [0.29, 0.717) is 36.5 Å². The van der Waals surface area contributed by atoms with Gasteiger partial charge in [0.15, 0.2) is 5.78 Å². The maximum absolute atomic E-state index is 12.7. The van der Waals surface area contributed by atoms with Crippen LogP contribution in [0.3, 0.4) is 0 Å². The van der Waals surface area contributed by atoms with Gasteiger partial charge in [0, 0.05) is 49.1 Å². The summed E-state index contributed by atoms with van der Waals surface area (Å²) in [6, 6.07) is 3.88. The lowest BCUT2D eigenvalue weighted by molar-refractivity contribution is -0.126. The number of carbonyl (C=O) groups excluding carboxylic acids is 2. The molecule has 0 spiro atoms. The van der Waals surface area contributed by atoms with Gasteiger partial charge in [-0.15, -0.1) is 0 Å². The van der Waals surface area contributed by atoms with E-state index < -0.39 is 0 Å². The van der Waals surface area contributed by atoms with E-state index in [0.717, 1.165) is 58.7 Å². The number of hydrogen-bond acceptors (Lipinski definition) is 8. The summed E-state index contributed by atoms with van der Waals surface area (Å²) in [5.41, 5.74) is 8.53. The van der Waals surface area contributed by atoms with Crippen LogP contribution in [0.4, 0.5) is 5.69 Å². The smallest absolute Gasteiger partial charge is 0.248 e. The van der Waals surface area contributed by atoms with Crippen LogP contribution in [0.1, 0.15) is 65.2 Å². The topological polar surface area (TPSA) is 109 Å². The van der Waals surface area contributed by atoms with Gasteiger partial charge in [0.2, 0.25) is 11.9 Å². The van der Waals surface area contributed by atoms with Crippen LogP contribution in [-0.2, 0) is 13.9 Å². The van der Waals surface area contributed by atoms with Crippen molar-refractivity contribution in [3.8, 4) is 0 Å². The molecule has 1 aromatic carbocycles. The molecule has 47 heavy (non-hydrogen) atoms. The zero-order valence-corrected chi connectivity index (χ0v) is 29.3. The summed E-state index contributed by atoms with van der Waals surface area (Å²) < 4.78 is 6.81. The summed E-state index contributed by atoms with van der Waals surface area (Å²) in [4.78, 5) is 41.8. The number of carbonyl (C=O) groups is 2. The summed E-state index contributed by atoms with van der Waals surface area (Å²) in [5, 5.41) is 3.39. The number of amides is 1. The Balaban J connectivity index is 0.856. The lowest BCUT2D eigenvalue weighted by atomic mass is 9.51. The van der Waals surface area contributed by atoms with Crippen LogP contribution in [0.5, 0.6) is 0 Å². The molecule has 9 nitrogen and oxygen atoms in total. The number of anilines is 1. The first-order chi connectivity index (χ1) is 22.7. The molecule has 6 unspecified atom stereocenters. The first kappa shape index (κ1) is 31.1. The standard InChI is InChI=1S/C36H41BrN6O3S/c1-35-13-11-23(44)20-22(35)5-6-24-25-7-8-27(36(25,2)14-12-26(24)35)30-21-47(30)46-42-31(45)4-3-18-43-19-17-40-34(43)41-28-9-10-29-33(32(28)37)39-16-15-38-29/h3,9-10,12,15-16,18,20,24-25,27H,4-8,11,13-14,17,19,21H2,1-2H3,(H,40,41)(H,42,45)/b18-3+. The van der Waals surface area contributed by atoms with Gasteiger partial charge in [-0.1, -0.05) is 37.1 Å². The van der Waals surface area contributed by atoms with Crippen molar-refractivity contribution in [2.24, 2.45) is 33.6 Å². The van der Waals surface area contributed by atoms with E-state index in [9.17, 15) is 9.59 Å². The molecule has 2 N–H and O–H groups in total. The molecule has 4 aliphatic carbocycles. The number of guanidine groups is 1. The monoisotopic (exact) mass is 716 g/mol. The van der Waals surface area contributed by atoms with Crippen molar-refractivity contribution in [2.75, 3.05) is 24.2 Å². The number of nitrogens with zero attached hydrogens (tertiary/aromatic N) is 4. The van der Waals surface area contributed by atoms with E-state index in [1.807, 2.05) is 35.4 Å². The number of aromatic nitrogens is 2. The van der Waals surface area contributed by atoms with Gasteiger partial charge in [0.05, 0.1) is 22.2 Å². The Morgan fingerprint density at radius 3 is 2.96 bits per heavy atom. The van der Waals surface area contributed by atoms with Gasteiger partial charge in [-0.05, 0) is 111 Å². The summed E-state index contributed by atoms with van der Waals surface area (Å²) >= 11 is 3.65. The molecular formula is C36H41BrN6O3S. The predicted octanol–water partition coefficient (Wildman–Crippen LogP) is 6.87. The summed E-state index contributed by atoms with van der Waals surface area (Å²) in [6.45, 7) is 6.31. The first-order valence-electron chi connectivity index (χ1n) is 16.9. The molecule has 2 fully saturated rings. The van der Waals surface area contributed by atoms with Gasteiger partial charge in [-0.3, -0.25) is 24.5 Å². The molecule has 6 aliphatic rings. The Labute approximate surface area is 286 Å². The van der Waals surface area contributed by atoms with E-state index >= 15 is 0 Å². The van der Waals surface area contributed by atoms with Crippen LogP contribution in [0.15, 0.2) is 69.6 Å². The minimum absolute atomic E-state index is 0.0821. The van der Waals surface area contributed by atoms with Gasteiger partial charge < -0.3 is 10.2 Å². The zero-order valence-electron chi connectivity index (χ0n) is 26.9. The second kappa shape index (κ2) is 12.1. The molecular weight excluding hydrogens is 676 g/mol. The highest BCUT2D eigenvalue weighted by Crippen LogP contribution is 2.66. The maximum Gasteiger partial charge on any atom is 0.248 e. The molecule has 11 heteroatoms. The van der Waals surface area contributed by atoms with Gasteiger partial charge >= 0.3 is 0 Å². The van der Waals surface area contributed by atoms with Crippen molar-refractivity contribution in [1.82, 2.24) is 20.3 Å². The van der Waals surface area contributed by atoms with Crippen molar-refractivity contribution in [2.45, 2.75) is 65.2 Å². The highest BCUT2D eigenvalue weighted by Gasteiger charge is 2.58. The fourth-order valence-electron chi connectivity index (χ4n) is 9.19. The fraction of sp³-hybridized carbons (Fsp3) is 0.500. The predicted molar refractivity (Wildman–Crippen MR) is 190 cm³/mol. The Morgan fingerprint density at radius 2 is 2.06 bits per heavy atom. The van der Waals surface area contributed by atoms with Crippen molar-refractivity contribution in [3.05, 3.63) is 64.6 Å². The largest absolute Gasteiger partial charge is 0.325 e. The highest BCUT2D eigenvalue weighted by atomic mass is 79.9. The van der Waals surface area contributed by atoms with Crippen molar-refractivity contribution in [3.63, 3.8) is 0 Å². The molecule has 0 radical (unpaired) electrons. The second-order valence-electron chi connectivity index (χ2n) is 14.2. The molecule has 1 amide bonds. The third kappa shape index (κ3) is 5.52. The number of rotatable bonds is 7. The SMILES string of the molecule is CC12CCC(=O)C=C1CCC1C2=CCC2(C)C(C3=S(ONC(=O)C/C=C/N4CCN=C4Nc4ccc5nccnc5c4Br)C3)CCC12. The van der Waals surface area contributed by atoms with Crippen LogP contribution in [0.2, 0.25) is 0 Å². The van der Waals surface area contributed by atoms with Crippen LogP contribution in [0.25, 0.3) is 11.0 Å². The normalized spacial score (nSPS) is 32.8. The lowest BCUT2D eigenvalue weighted by Crippen LogP contribution is -2.45. The Kier molecular flexibility index (Phi) is 8.00. The molecule has 8 rings (SSSR count). The number of aliphatic imine (C=N–C) groups is 1. The molecule has 6 atom stereocenters. The minimum atomic E-state index is -0.292. The number of allylic oxidation sites excluding steroid dienone is 4. The number of nitrogens with one attached hydrogen (secondary N) is 2. The quantitative estimate of drug-likeness (QED) is 0.183. The average molecular weight is 718 g/mol. The van der Waals surface area contributed by atoms with E-state index in [4.69, 9.17) is 4.28 Å². The van der Waals surface area contributed by atoms with Gasteiger partial charge in [0.25, 0.3) is 0 Å². The Morgan fingerprint density at radius 1 is 1.19 bits per heavy atom. The van der Waals surface area contributed by atoms with Crippen molar-refractivity contribution >= 4 is 65.9 Å². The van der Waals surface area contributed by atoms with Gasteiger partial charge in [-0.2, -0.15) is 0 Å². The Hall–Kier alpha value is -3.15. The number of hydrogen-bond donors (Lipinski definition) is 2. The molecule has 0 bridgehead atoms. The van der Waals surface area contributed by atoms with E-state index in [1.165, 1.54) is 29.7 Å². The van der Waals surface area contributed by atoms with Crippen LogP contribution >= 0.6 is 26.7 Å². The van der Waals surface area contributed by atoms with Crippen molar-refractivity contribution in [1.29, 1.82) is 0 Å². The Bertz CT molecular complexity index is 1840. The number of halogens is 1. The molecule has 2 saturated carbocycles. The molecule has 1 aromatic heterocycles. The molecule has 0 saturated heterocycles. The van der Waals surface area contributed by atoms with Crippen LogP contribution in [-0.4, -0.2) is 56.2 Å². The highest BCUT2D eigenvalue weighted by molar-refractivity contribution is 9.10. The molecule has 2 aliphatic heterocycles.